The molecule has 2 amide bonds. The van der Waals surface area contributed by atoms with Gasteiger partial charge in [-0.1, -0.05) is 6.07 Å². The van der Waals surface area contributed by atoms with Crippen LogP contribution in [0.2, 0.25) is 0 Å². The number of carbonyl (C=O) groups is 2. The fourth-order valence-electron chi connectivity index (χ4n) is 3.60. The largest absolute Gasteiger partial charge is 0.367 e. The fourth-order valence-corrected chi connectivity index (χ4v) is 4.75. The topological polar surface area (TPSA) is 111 Å². The van der Waals surface area contributed by atoms with E-state index in [9.17, 15) is 18.0 Å². The van der Waals surface area contributed by atoms with E-state index in [1.54, 1.807) is 36.4 Å². The summed E-state index contributed by atoms with van der Waals surface area (Å²) in [6.45, 7) is 6.66. The molecule has 2 aromatic carbocycles. The molecule has 0 atom stereocenters. The molecule has 0 spiro atoms. The Hall–Kier alpha value is -3.11. The summed E-state index contributed by atoms with van der Waals surface area (Å²) in [7, 11) is -0.850. The van der Waals surface area contributed by atoms with Crippen LogP contribution in [0.15, 0.2) is 41.3 Å². The van der Waals surface area contributed by atoms with Gasteiger partial charge in [-0.2, -0.15) is 0 Å². The van der Waals surface area contributed by atoms with Crippen molar-refractivity contribution in [1.82, 2.24) is 15.5 Å². The van der Waals surface area contributed by atoms with Crippen LogP contribution in [0.25, 0.3) is 0 Å². The van der Waals surface area contributed by atoms with Crippen molar-refractivity contribution in [2.75, 3.05) is 56.4 Å². The molecule has 3 N–H and O–H groups in total. The zero-order chi connectivity index (χ0) is 24.2. The highest BCUT2D eigenvalue weighted by molar-refractivity contribution is 7.92. The van der Waals surface area contributed by atoms with Gasteiger partial charge in [0.2, 0.25) is 5.91 Å². The Labute approximate surface area is 195 Å². The standard InChI is InChI=1S/C23H31N5O4S/c1-16-5-7-19(13-17(16)2)33(31,32)26-20-14-18(23(30)27(4)15-22(29)24-3)6-8-21(20)28-11-9-25-10-12-28/h5-8,13-14,25-26H,9-12,15H2,1-4H3,(H,24,29). The minimum Gasteiger partial charge on any atom is -0.367 e. The Morgan fingerprint density at radius 1 is 1.06 bits per heavy atom. The first-order valence-electron chi connectivity index (χ1n) is 10.8. The molecule has 0 aliphatic carbocycles. The van der Waals surface area contributed by atoms with Crippen molar-refractivity contribution in [3.8, 4) is 0 Å². The van der Waals surface area contributed by atoms with E-state index in [0.29, 0.717) is 24.5 Å². The smallest absolute Gasteiger partial charge is 0.261 e. The van der Waals surface area contributed by atoms with Crippen molar-refractivity contribution in [3.63, 3.8) is 0 Å². The average Bonchev–Trinajstić information content (AvgIpc) is 2.80. The average molecular weight is 474 g/mol. The van der Waals surface area contributed by atoms with E-state index in [1.807, 2.05) is 13.8 Å². The van der Waals surface area contributed by atoms with Gasteiger partial charge in [0.25, 0.3) is 15.9 Å². The van der Waals surface area contributed by atoms with Gasteiger partial charge < -0.3 is 20.4 Å². The first kappa shape index (κ1) is 24.5. The van der Waals surface area contributed by atoms with Gasteiger partial charge in [0.05, 0.1) is 22.8 Å². The van der Waals surface area contributed by atoms with Crippen molar-refractivity contribution < 1.29 is 18.0 Å². The van der Waals surface area contributed by atoms with Crippen LogP contribution in [0.1, 0.15) is 21.5 Å². The van der Waals surface area contributed by atoms with Crippen molar-refractivity contribution in [2.24, 2.45) is 0 Å². The monoisotopic (exact) mass is 473 g/mol. The van der Waals surface area contributed by atoms with E-state index in [1.165, 1.54) is 19.0 Å². The third-order valence-electron chi connectivity index (χ3n) is 5.74. The third-order valence-corrected chi connectivity index (χ3v) is 7.10. The molecule has 2 aromatic rings. The molecule has 178 valence electrons. The Bertz CT molecular complexity index is 1140. The van der Waals surface area contributed by atoms with E-state index < -0.39 is 10.0 Å². The van der Waals surface area contributed by atoms with Gasteiger partial charge in [-0.05, 0) is 55.3 Å². The normalized spacial score (nSPS) is 14.0. The quantitative estimate of drug-likeness (QED) is 0.560. The maximum atomic E-state index is 13.2. The van der Waals surface area contributed by atoms with Gasteiger partial charge in [0, 0.05) is 45.8 Å². The Balaban J connectivity index is 1.98. The molecule has 3 rings (SSSR count). The van der Waals surface area contributed by atoms with Crippen molar-refractivity contribution in [3.05, 3.63) is 53.1 Å². The minimum atomic E-state index is -3.88. The number of carbonyl (C=O) groups excluding carboxylic acids is 2. The summed E-state index contributed by atoms with van der Waals surface area (Å²) in [6.07, 6.45) is 0. The van der Waals surface area contributed by atoms with Gasteiger partial charge in [0.15, 0.2) is 0 Å². The van der Waals surface area contributed by atoms with Crippen LogP contribution in [0.5, 0.6) is 0 Å². The van der Waals surface area contributed by atoms with Gasteiger partial charge in [-0.15, -0.1) is 0 Å². The van der Waals surface area contributed by atoms with Crippen molar-refractivity contribution >= 4 is 33.2 Å². The number of anilines is 2. The lowest BCUT2D eigenvalue weighted by Crippen LogP contribution is -2.44. The van der Waals surface area contributed by atoms with Crippen LogP contribution >= 0.6 is 0 Å². The number of sulfonamides is 1. The SMILES string of the molecule is CNC(=O)CN(C)C(=O)c1ccc(N2CCNCC2)c(NS(=O)(=O)c2ccc(C)c(C)c2)c1. The summed E-state index contributed by atoms with van der Waals surface area (Å²) in [5, 5.41) is 5.77. The van der Waals surface area contributed by atoms with Crippen LogP contribution in [0.3, 0.4) is 0 Å². The van der Waals surface area contributed by atoms with Gasteiger partial charge in [-0.25, -0.2) is 8.42 Å². The second kappa shape index (κ2) is 10.2. The lowest BCUT2D eigenvalue weighted by atomic mass is 10.1. The summed E-state index contributed by atoms with van der Waals surface area (Å²) in [4.78, 5) is 28.1. The Morgan fingerprint density at radius 2 is 1.76 bits per heavy atom. The molecule has 0 saturated carbocycles. The highest BCUT2D eigenvalue weighted by Gasteiger charge is 2.23. The zero-order valence-corrected chi connectivity index (χ0v) is 20.3. The van der Waals surface area contributed by atoms with Crippen LogP contribution in [-0.2, 0) is 14.8 Å². The van der Waals surface area contributed by atoms with E-state index in [-0.39, 0.29) is 28.8 Å². The first-order chi connectivity index (χ1) is 15.6. The molecule has 0 bridgehead atoms. The predicted octanol–water partition coefficient (Wildman–Crippen LogP) is 1.33. The molecule has 1 fully saturated rings. The number of amides is 2. The number of benzene rings is 2. The lowest BCUT2D eigenvalue weighted by molar-refractivity contribution is -0.121. The van der Waals surface area contributed by atoms with E-state index in [4.69, 9.17) is 0 Å². The molecule has 33 heavy (non-hydrogen) atoms. The van der Waals surface area contributed by atoms with Gasteiger partial charge in [0.1, 0.15) is 0 Å². The minimum absolute atomic E-state index is 0.0986. The highest BCUT2D eigenvalue weighted by atomic mass is 32.2. The maximum Gasteiger partial charge on any atom is 0.261 e. The molecule has 9 nitrogen and oxygen atoms in total. The summed E-state index contributed by atoms with van der Waals surface area (Å²) >= 11 is 0. The van der Waals surface area contributed by atoms with E-state index in [0.717, 1.165) is 24.2 Å². The van der Waals surface area contributed by atoms with Crippen LogP contribution in [0.4, 0.5) is 11.4 Å². The number of hydrogen-bond donors (Lipinski definition) is 3. The molecule has 0 unspecified atom stereocenters. The third kappa shape index (κ3) is 5.82. The molecule has 1 saturated heterocycles. The molecule has 0 radical (unpaired) electrons. The lowest BCUT2D eigenvalue weighted by Gasteiger charge is -2.31. The molecule has 1 aliphatic heterocycles. The van der Waals surface area contributed by atoms with Crippen LogP contribution in [-0.4, -0.2) is 72.0 Å². The second-order valence-corrected chi connectivity index (χ2v) is 9.84. The van der Waals surface area contributed by atoms with Crippen LogP contribution < -0.4 is 20.3 Å². The number of nitrogens with zero attached hydrogens (tertiary/aromatic N) is 2. The summed E-state index contributed by atoms with van der Waals surface area (Å²) in [5.74, 6) is -0.670. The number of piperazine rings is 1. The highest BCUT2D eigenvalue weighted by Crippen LogP contribution is 2.30. The maximum absolute atomic E-state index is 13.2. The summed E-state index contributed by atoms with van der Waals surface area (Å²) in [5.41, 5.74) is 3.20. The molecule has 1 aliphatic rings. The van der Waals surface area contributed by atoms with E-state index >= 15 is 0 Å². The summed E-state index contributed by atoms with van der Waals surface area (Å²) in [6, 6.07) is 9.93. The zero-order valence-electron chi connectivity index (χ0n) is 19.4. The van der Waals surface area contributed by atoms with Crippen LogP contribution in [0, 0.1) is 13.8 Å². The van der Waals surface area contributed by atoms with Gasteiger partial charge in [-0.3, -0.25) is 14.3 Å². The molecular weight excluding hydrogens is 442 g/mol. The first-order valence-corrected chi connectivity index (χ1v) is 12.3. The number of aryl methyl sites for hydroxylation is 2. The number of nitrogens with one attached hydrogen (secondary N) is 3. The van der Waals surface area contributed by atoms with Gasteiger partial charge >= 0.3 is 0 Å². The molecule has 10 heteroatoms. The fraction of sp³-hybridized carbons (Fsp3) is 0.391. The van der Waals surface area contributed by atoms with Crippen molar-refractivity contribution in [1.29, 1.82) is 0 Å². The second-order valence-electron chi connectivity index (χ2n) is 8.15. The summed E-state index contributed by atoms with van der Waals surface area (Å²) < 4.78 is 29.1. The predicted molar refractivity (Wildman–Crippen MR) is 129 cm³/mol. The molecular formula is C23H31N5O4S. The Kier molecular flexibility index (Phi) is 7.60. The Morgan fingerprint density at radius 3 is 2.39 bits per heavy atom. The number of likely N-dealkylation sites (N-methyl/N-ethyl adjacent to an activating group) is 2. The number of rotatable bonds is 7. The number of hydrogen-bond acceptors (Lipinski definition) is 6. The molecule has 1 heterocycles. The van der Waals surface area contributed by atoms with E-state index in [2.05, 4.69) is 20.3 Å². The van der Waals surface area contributed by atoms with Crippen molar-refractivity contribution in [2.45, 2.75) is 18.7 Å². The molecule has 0 aromatic heterocycles.